The zero-order chi connectivity index (χ0) is 16.6. The number of hydrogen-bond acceptors (Lipinski definition) is 3. The second-order valence-electron chi connectivity index (χ2n) is 3.59. The van der Waals surface area contributed by atoms with Gasteiger partial charge in [0.2, 0.25) is 0 Å². The molecule has 12 heteroatoms. The fourth-order valence-corrected chi connectivity index (χ4v) is 1.99. The molecule has 0 bridgehead atoms. The van der Waals surface area contributed by atoms with Gasteiger partial charge >= 0.3 is 21.8 Å². The Kier molecular flexibility index (Phi) is 4.95. The lowest BCUT2D eigenvalue weighted by atomic mass is 10.1. The van der Waals surface area contributed by atoms with Gasteiger partial charge in [-0.25, -0.2) is 8.57 Å². The highest BCUT2D eigenvalue weighted by Gasteiger charge is 2.54. The number of alkyl halides is 6. The van der Waals surface area contributed by atoms with E-state index in [-0.39, 0.29) is 10.5 Å². The first kappa shape index (κ1) is 18.2. The minimum Gasteiger partial charge on any atom is -0.245 e. The van der Waals surface area contributed by atoms with Crippen molar-refractivity contribution in [3.05, 3.63) is 34.1 Å². The van der Waals surface area contributed by atoms with Gasteiger partial charge in [-0.2, -0.15) is 34.8 Å². The van der Waals surface area contributed by atoms with Crippen LogP contribution in [0.3, 0.4) is 0 Å². The topological polar surface area (TPSA) is 43.4 Å². The van der Waals surface area contributed by atoms with Crippen molar-refractivity contribution in [1.29, 1.82) is 0 Å². The Balaban J connectivity index is 3.29. The van der Waals surface area contributed by atoms with Crippen LogP contribution < -0.4 is 0 Å². The van der Waals surface area contributed by atoms with Crippen LogP contribution in [0.5, 0.6) is 0 Å². The van der Waals surface area contributed by atoms with Gasteiger partial charge in [0, 0.05) is 0 Å². The van der Waals surface area contributed by atoms with Crippen molar-refractivity contribution in [2.45, 2.75) is 17.8 Å². The Morgan fingerprint density at radius 2 is 1.62 bits per heavy atom. The smallest absolute Gasteiger partial charge is 0.245 e. The van der Waals surface area contributed by atoms with E-state index in [4.69, 9.17) is 0 Å². The van der Waals surface area contributed by atoms with Crippen molar-refractivity contribution >= 4 is 26.0 Å². The Labute approximate surface area is 122 Å². The van der Waals surface area contributed by atoms with Crippen LogP contribution in [-0.4, -0.2) is 20.1 Å². The summed E-state index contributed by atoms with van der Waals surface area (Å²) in [5.74, 6) is -1.23. The highest BCUT2D eigenvalue weighted by atomic mass is 79.9. The Morgan fingerprint density at radius 3 is 2.00 bits per heavy atom. The second-order valence-corrected chi connectivity index (χ2v) is 6.01. The van der Waals surface area contributed by atoms with Gasteiger partial charge in [-0.05, 0) is 33.6 Å². The minimum atomic E-state index is -6.51. The Morgan fingerprint density at radius 1 is 1.10 bits per heavy atom. The molecule has 21 heavy (non-hydrogen) atoms. The fourth-order valence-electron chi connectivity index (χ4n) is 1.16. The predicted octanol–water partition coefficient (Wildman–Crippen LogP) is 4.06. The summed E-state index contributed by atoms with van der Waals surface area (Å²) < 4.78 is 112. The summed E-state index contributed by atoms with van der Waals surface area (Å²) in [6, 6.07) is 1.57. The summed E-state index contributed by atoms with van der Waals surface area (Å²) in [5, 5.41) is 0. The highest BCUT2D eigenvalue weighted by molar-refractivity contribution is 9.10. The maximum atomic E-state index is 13.2. The van der Waals surface area contributed by atoms with E-state index in [0.29, 0.717) is 6.07 Å². The first-order valence-corrected chi connectivity index (χ1v) is 6.97. The molecule has 0 spiro atoms. The molecule has 0 aliphatic carbocycles. The zero-order valence-corrected chi connectivity index (χ0v) is 11.9. The van der Waals surface area contributed by atoms with Crippen LogP contribution in [0.15, 0.2) is 22.7 Å². The van der Waals surface area contributed by atoms with Crippen molar-refractivity contribution in [3.8, 4) is 0 Å². The predicted molar refractivity (Wildman–Crippen MR) is 59.0 cm³/mol. The SMILES string of the molecule is O=S(=O)(OC(c1ccc(Br)c(F)c1)C(F)(F)F)C(F)(F)F. The standard InChI is InChI=1S/C9H4BrF7O3S/c10-5-2-1-4(3-6(5)11)7(8(12,13)14)20-21(18,19)9(15,16)17/h1-3,7H. The van der Waals surface area contributed by atoms with E-state index < -0.39 is 39.3 Å². The normalized spacial score (nSPS) is 15.0. The van der Waals surface area contributed by atoms with Crippen LogP contribution in [0.1, 0.15) is 11.7 Å². The van der Waals surface area contributed by atoms with Gasteiger partial charge in [0.15, 0.2) is 6.10 Å². The van der Waals surface area contributed by atoms with E-state index in [2.05, 4.69) is 20.1 Å². The molecule has 1 unspecified atom stereocenters. The average Bonchev–Trinajstić information content (AvgIpc) is 2.27. The lowest BCUT2D eigenvalue weighted by molar-refractivity contribution is -0.200. The molecule has 0 fully saturated rings. The number of halogens is 8. The van der Waals surface area contributed by atoms with E-state index in [9.17, 15) is 39.2 Å². The molecule has 1 rings (SSSR count). The molecule has 0 radical (unpaired) electrons. The minimum absolute atomic E-state index is 0.216. The molecular formula is C9H4BrF7O3S. The van der Waals surface area contributed by atoms with Crippen LogP contribution in [0, 0.1) is 5.82 Å². The lowest BCUT2D eigenvalue weighted by Gasteiger charge is -2.21. The molecular weight excluding hydrogens is 401 g/mol. The Hall–Kier alpha value is -0.880. The van der Waals surface area contributed by atoms with E-state index >= 15 is 0 Å². The molecule has 0 aliphatic heterocycles. The maximum absolute atomic E-state index is 13.2. The van der Waals surface area contributed by atoms with E-state index in [1.54, 1.807) is 0 Å². The molecule has 120 valence electrons. The fraction of sp³-hybridized carbons (Fsp3) is 0.333. The second kappa shape index (κ2) is 5.72. The van der Waals surface area contributed by atoms with Crippen molar-refractivity contribution < 1.29 is 43.3 Å². The van der Waals surface area contributed by atoms with Gasteiger partial charge in [0.25, 0.3) is 0 Å². The van der Waals surface area contributed by atoms with Crippen molar-refractivity contribution in [1.82, 2.24) is 0 Å². The molecule has 3 nitrogen and oxygen atoms in total. The zero-order valence-electron chi connectivity index (χ0n) is 9.47. The molecule has 1 aromatic rings. The van der Waals surface area contributed by atoms with Gasteiger partial charge in [-0.1, -0.05) is 6.07 Å². The van der Waals surface area contributed by atoms with Gasteiger partial charge in [-0.15, -0.1) is 0 Å². The van der Waals surface area contributed by atoms with Gasteiger partial charge < -0.3 is 0 Å². The first-order chi connectivity index (χ1) is 9.25. The largest absolute Gasteiger partial charge is 0.523 e. The van der Waals surface area contributed by atoms with Crippen molar-refractivity contribution in [2.75, 3.05) is 0 Å². The van der Waals surface area contributed by atoms with Crippen molar-refractivity contribution in [2.24, 2.45) is 0 Å². The molecule has 0 aliphatic rings. The summed E-state index contributed by atoms with van der Waals surface area (Å²) in [6.45, 7) is 0. The van der Waals surface area contributed by atoms with Crippen molar-refractivity contribution in [3.63, 3.8) is 0 Å². The quantitative estimate of drug-likeness (QED) is 0.433. The summed E-state index contributed by atoms with van der Waals surface area (Å²) in [5.41, 5.74) is -7.17. The van der Waals surface area contributed by atoms with Gasteiger partial charge in [0.05, 0.1) is 4.47 Å². The van der Waals surface area contributed by atoms with E-state index in [1.165, 1.54) is 0 Å². The van der Waals surface area contributed by atoms with E-state index in [0.717, 1.165) is 6.07 Å². The number of benzene rings is 1. The molecule has 0 saturated carbocycles. The highest BCUT2D eigenvalue weighted by Crippen LogP contribution is 2.40. The van der Waals surface area contributed by atoms with Gasteiger partial charge in [-0.3, -0.25) is 0 Å². The molecule has 1 aromatic carbocycles. The van der Waals surface area contributed by atoms with Crippen LogP contribution in [0.2, 0.25) is 0 Å². The summed E-state index contributed by atoms with van der Waals surface area (Å²) >= 11 is 2.63. The third-order valence-corrected chi connectivity index (χ3v) is 3.71. The maximum Gasteiger partial charge on any atom is 0.523 e. The third kappa shape index (κ3) is 4.30. The van der Waals surface area contributed by atoms with Crippen LogP contribution >= 0.6 is 15.9 Å². The van der Waals surface area contributed by atoms with Crippen LogP contribution in [-0.2, 0) is 14.3 Å². The molecule has 0 N–H and O–H groups in total. The molecule has 0 aromatic heterocycles. The summed E-state index contributed by atoms with van der Waals surface area (Å²) in [7, 11) is -6.51. The van der Waals surface area contributed by atoms with Crippen LogP contribution in [0.4, 0.5) is 30.7 Å². The summed E-state index contributed by atoms with van der Waals surface area (Å²) in [6.07, 6.45) is -8.98. The lowest BCUT2D eigenvalue weighted by Crippen LogP contribution is -2.33. The third-order valence-electron chi connectivity index (χ3n) is 2.05. The van der Waals surface area contributed by atoms with Crippen LogP contribution in [0.25, 0.3) is 0 Å². The van der Waals surface area contributed by atoms with E-state index in [1.807, 2.05) is 0 Å². The molecule has 0 heterocycles. The summed E-state index contributed by atoms with van der Waals surface area (Å²) in [4.78, 5) is 0. The average molecular weight is 405 g/mol. The Bertz CT molecular complexity index is 623. The first-order valence-electron chi connectivity index (χ1n) is 4.77. The monoisotopic (exact) mass is 404 g/mol. The number of hydrogen-bond donors (Lipinski definition) is 0. The molecule has 1 atom stereocenters. The number of rotatable bonds is 3. The van der Waals surface area contributed by atoms with Gasteiger partial charge in [0.1, 0.15) is 5.82 Å². The molecule has 0 amide bonds. The molecule has 0 saturated heterocycles.